The van der Waals surface area contributed by atoms with E-state index in [1.807, 2.05) is 0 Å². The fourth-order valence-corrected chi connectivity index (χ4v) is 5.01. The summed E-state index contributed by atoms with van der Waals surface area (Å²) in [6.07, 6.45) is 0.0551. The van der Waals surface area contributed by atoms with E-state index in [-0.39, 0.29) is 67.6 Å². The number of rotatable bonds is 7. The van der Waals surface area contributed by atoms with Crippen LogP contribution in [0.5, 0.6) is 0 Å². The van der Waals surface area contributed by atoms with Gasteiger partial charge in [-0.3, -0.25) is 9.59 Å². The lowest BCUT2D eigenvalue weighted by Gasteiger charge is -2.34. The molecular formula is C22H25ClFN3O4S. The molecule has 7 nitrogen and oxygen atoms in total. The number of carbonyl (C=O) groups is 2. The van der Waals surface area contributed by atoms with E-state index in [1.54, 1.807) is 24.0 Å². The molecule has 0 aliphatic carbocycles. The van der Waals surface area contributed by atoms with E-state index < -0.39 is 10.0 Å². The summed E-state index contributed by atoms with van der Waals surface area (Å²) in [5.41, 5.74) is 0.768. The van der Waals surface area contributed by atoms with Crippen LogP contribution in [0.25, 0.3) is 0 Å². The van der Waals surface area contributed by atoms with Crippen LogP contribution in [-0.4, -0.2) is 55.6 Å². The lowest BCUT2D eigenvalue weighted by molar-refractivity contribution is -0.134. The highest BCUT2D eigenvalue weighted by atomic mass is 35.5. The van der Waals surface area contributed by atoms with Gasteiger partial charge in [0, 0.05) is 44.0 Å². The highest BCUT2D eigenvalue weighted by Crippen LogP contribution is 2.20. The van der Waals surface area contributed by atoms with E-state index in [1.165, 1.54) is 40.7 Å². The predicted octanol–water partition coefficient (Wildman–Crippen LogP) is 2.97. The molecule has 1 saturated heterocycles. The number of halogens is 2. The van der Waals surface area contributed by atoms with Crippen LogP contribution >= 0.6 is 11.6 Å². The highest BCUT2D eigenvalue weighted by Gasteiger charge is 2.30. The van der Waals surface area contributed by atoms with Crippen molar-refractivity contribution in [1.82, 2.24) is 14.5 Å². The largest absolute Gasteiger partial charge is 0.350 e. The van der Waals surface area contributed by atoms with Crippen LogP contribution in [0, 0.1) is 5.82 Å². The smallest absolute Gasteiger partial charge is 0.243 e. The Balaban J connectivity index is 1.45. The Morgan fingerprint density at radius 2 is 1.59 bits per heavy atom. The maximum absolute atomic E-state index is 13.0. The minimum absolute atomic E-state index is 0.0215. The number of piperazine rings is 1. The number of hydrogen-bond acceptors (Lipinski definition) is 4. The van der Waals surface area contributed by atoms with Crippen LogP contribution in [0.4, 0.5) is 4.39 Å². The summed E-state index contributed by atoms with van der Waals surface area (Å²) >= 11 is 5.82. The fraction of sp³-hybridized carbons (Fsp3) is 0.364. The second kappa shape index (κ2) is 10.4. The standard InChI is InChI=1S/C22H25ClFN3O4S/c1-16(17-2-6-19(24)7-3-17)25-21(28)10-11-22(29)26-12-14-27(15-13-26)32(30,31)20-8-4-18(23)5-9-20/h2-9,16H,10-15H2,1H3,(H,25,28)/t16-/m1/s1. The molecule has 10 heteroatoms. The summed E-state index contributed by atoms with van der Waals surface area (Å²) in [6.45, 7) is 2.68. The van der Waals surface area contributed by atoms with Crippen LogP contribution in [0.2, 0.25) is 5.02 Å². The van der Waals surface area contributed by atoms with E-state index in [4.69, 9.17) is 11.6 Å². The van der Waals surface area contributed by atoms with E-state index in [0.29, 0.717) is 5.02 Å². The molecule has 2 amide bonds. The molecule has 172 valence electrons. The van der Waals surface area contributed by atoms with E-state index in [2.05, 4.69) is 5.32 Å². The van der Waals surface area contributed by atoms with Crippen molar-refractivity contribution in [1.29, 1.82) is 0 Å². The van der Waals surface area contributed by atoms with Crippen molar-refractivity contribution >= 4 is 33.4 Å². The average Bonchev–Trinajstić information content (AvgIpc) is 2.78. The van der Waals surface area contributed by atoms with Crippen molar-refractivity contribution < 1.29 is 22.4 Å². The third-order valence-corrected chi connectivity index (χ3v) is 7.52. The van der Waals surface area contributed by atoms with Crippen LogP contribution < -0.4 is 5.32 Å². The van der Waals surface area contributed by atoms with Crippen LogP contribution in [0.15, 0.2) is 53.4 Å². The molecule has 0 aromatic heterocycles. The van der Waals surface area contributed by atoms with Gasteiger partial charge in [-0.15, -0.1) is 0 Å². The molecule has 0 bridgehead atoms. The first kappa shape index (κ1) is 24.2. The van der Waals surface area contributed by atoms with Gasteiger partial charge in [0.1, 0.15) is 5.82 Å². The molecule has 2 aromatic rings. The Morgan fingerprint density at radius 1 is 1.00 bits per heavy atom. The van der Waals surface area contributed by atoms with Crippen molar-refractivity contribution in [3.63, 3.8) is 0 Å². The Labute approximate surface area is 192 Å². The van der Waals surface area contributed by atoms with Crippen LogP contribution in [0.1, 0.15) is 31.4 Å². The van der Waals surface area contributed by atoms with Gasteiger partial charge in [0.2, 0.25) is 21.8 Å². The molecule has 0 spiro atoms. The quantitative estimate of drug-likeness (QED) is 0.658. The maximum atomic E-state index is 13.0. The van der Waals surface area contributed by atoms with Gasteiger partial charge in [-0.1, -0.05) is 23.7 Å². The van der Waals surface area contributed by atoms with Crippen molar-refractivity contribution in [2.45, 2.75) is 30.7 Å². The summed E-state index contributed by atoms with van der Waals surface area (Å²) in [6, 6.07) is 11.5. The number of sulfonamides is 1. The Kier molecular flexibility index (Phi) is 7.86. The molecular weight excluding hydrogens is 457 g/mol. The maximum Gasteiger partial charge on any atom is 0.243 e. The van der Waals surface area contributed by atoms with Crippen molar-refractivity contribution in [2.75, 3.05) is 26.2 Å². The molecule has 0 unspecified atom stereocenters. The first-order valence-electron chi connectivity index (χ1n) is 10.2. The monoisotopic (exact) mass is 481 g/mol. The molecule has 1 N–H and O–H groups in total. The molecule has 1 heterocycles. The molecule has 2 aromatic carbocycles. The second-order valence-electron chi connectivity index (χ2n) is 7.58. The molecule has 0 radical (unpaired) electrons. The summed E-state index contributed by atoms with van der Waals surface area (Å²) in [7, 11) is -3.65. The van der Waals surface area contributed by atoms with Crippen LogP contribution in [0.3, 0.4) is 0 Å². The van der Waals surface area contributed by atoms with Gasteiger partial charge in [0.05, 0.1) is 10.9 Å². The molecule has 3 rings (SSSR count). The van der Waals surface area contributed by atoms with Gasteiger partial charge in [0.25, 0.3) is 0 Å². The van der Waals surface area contributed by atoms with E-state index in [0.717, 1.165) is 5.56 Å². The van der Waals surface area contributed by atoms with Gasteiger partial charge >= 0.3 is 0 Å². The highest BCUT2D eigenvalue weighted by molar-refractivity contribution is 7.89. The van der Waals surface area contributed by atoms with Crippen LogP contribution in [-0.2, 0) is 19.6 Å². The van der Waals surface area contributed by atoms with Crippen molar-refractivity contribution in [3.05, 3.63) is 64.9 Å². The zero-order valence-electron chi connectivity index (χ0n) is 17.6. The minimum Gasteiger partial charge on any atom is -0.350 e. The fourth-order valence-electron chi connectivity index (χ4n) is 3.46. The van der Waals surface area contributed by atoms with Gasteiger partial charge in [-0.05, 0) is 48.9 Å². The molecule has 1 aliphatic heterocycles. The lowest BCUT2D eigenvalue weighted by atomic mass is 10.1. The average molecular weight is 482 g/mol. The minimum atomic E-state index is -3.65. The number of carbonyl (C=O) groups excluding carboxylic acids is 2. The van der Waals surface area contributed by atoms with Crippen molar-refractivity contribution in [3.8, 4) is 0 Å². The second-order valence-corrected chi connectivity index (χ2v) is 9.95. The zero-order valence-corrected chi connectivity index (χ0v) is 19.2. The normalized spacial score (nSPS) is 15.9. The van der Waals surface area contributed by atoms with Gasteiger partial charge in [-0.25, -0.2) is 12.8 Å². The summed E-state index contributed by atoms with van der Waals surface area (Å²) in [4.78, 5) is 26.4. The first-order valence-corrected chi connectivity index (χ1v) is 12.1. The SMILES string of the molecule is C[C@@H](NC(=O)CCC(=O)N1CCN(S(=O)(=O)c2ccc(Cl)cc2)CC1)c1ccc(F)cc1. The number of nitrogens with one attached hydrogen (secondary N) is 1. The van der Waals surface area contributed by atoms with E-state index >= 15 is 0 Å². The van der Waals surface area contributed by atoms with Gasteiger partial charge in [0.15, 0.2) is 0 Å². The Bertz CT molecular complexity index is 1050. The molecule has 1 fully saturated rings. The molecule has 1 atom stereocenters. The molecule has 1 aliphatic rings. The molecule has 0 saturated carbocycles. The summed E-state index contributed by atoms with van der Waals surface area (Å²) in [5, 5.41) is 3.25. The Morgan fingerprint density at radius 3 is 2.19 bits per heavy atom. The summed E-state index contributed by atoms with van der Waals surface area (Å²) < 4.78 is 39.8. The van der Waals surface area contributed by atoms with Gasteiger partial charge in [-0.2, -0.15) is 4.31 Å². The zero-order chi connectivity index (χ0) is 23.3. The topological polar surface area (TPSA) is 86.8 Å². The third-order valence-electron chi connectivity index (χ3n) is 5.36. The lowest BCUT2D eigenvalue weighted by Crippen LogP contribution is -2.50. The third kappa shape index (κ3) is 6.05. The summed E-state index contributed by atoms with van der Waals surface area (Å²) in [5.74, 6) is -0.823. The number of benzene rings is 2. The Hall–Kier alpha value is -2.49. The van der Waals surface area contributed by atoms with E-state index in [9.17, 15) is 22.4 Å². The number of amides is 2. The first-order chi connectivity index (χ1) is 15.2. The van der Waals surface area contributed by atoms with Gasteiger partial charge < -0.3 is 10.2 Å². The number of nitrogens with zero attached hydrogens (tertiary/aromatic N) is 2. The van der Waals surface area contributed by atoms with Crippen molar-refractivity contribution in [2.24, 2.45) is 0 Å². The predicted molar refractivity (Wildman–Crippen MR) is 119 cm³/mol. The number of hydrogen-bond donors (Lipinski definition) is 1. The molecule has 32 heavy (non-hydrogen) atoms.